The Hall–Kier alpha value is -0.220. The van der Waals surface area contributed by atoms with Crippen LogP contribution in [-0.2, 0) is 9.53 Å². The van der Waals surface area contributed by atoms with Gasteiger partial charge >= 0.3 is 5.97 Å². The van der Waals surface area contributed by atoms with E-state index in [-0.39, 0.29) is 5.97 Å². The second-order valence-corrected chi connectivity index (χ2v) is 5.05. The lowest BCUT2D eigenvalue weighted by Crippen LogP contribution is -2.46. The molecular weight excluding hydrogens is 186 g/mol. The smallest absolute Gasteiger partial charge is 0.325 e. The molecule has 0 heterocycles. The number of carbonyl (C=O) groups excluding carboxylic acids is 1. The van der Waals surface area contributed by atoms with Crippen molar-refractivity contribution in [2.24, 2.45) is 5.73 Å². The van der Waals surface area contributed by atoms with Crippen LogP contribution in [-0.4, -0.2) is 29.6 Å². The van der Waals surface area contributed by atoms with Crippen molar-refractivity contribution in [3.63, 3.8) is 0 Å². The van der Waals surface area contributed by atoms with Gasteiger partial charge in [-0.25, -0.2) is 0 Å². The summed E-state index contributed by atoms with van der Waals surface area (Å²) in [6, 6.07) is 0. The molecule has 0 aromatic heterocycles. The first-order valence-electron chi connectivity index (χ1n) is 4.61. The average molecular weight is 203 g/mol. The summed E-state index contributed by atoms with van der Waals surface area (Å²) in [4.78, 5) is 11.3. The van der Waals surface area contributed by atoms with Crippen LogP contribution in [0.5, 0.6) is 0 Å². The summed E-state index contributed by atoms with van der Waals surface area (Å²) in [6.07, 6.45) is 2.56. The molecule has 0 bridgehead atoms. The van der Waals surface area contributed by atoms with E-state index in [2.05, 4.69) is 6.92 Å². The van der Waals surface area contributed by atoms with Gasteiger partial charge in [-0.15, -0.1) is 0 Å². The summed E-state index contributed by atoms with van der Waals surface area (Å²) in [5, 5.41) is 0.536. The molecule has 0 aliphatic heterocycles. The minimum atomic E-state index is -0.707. The van der Waals surface area contributed by atoms with E-state index in [1.165, 1.54) is 7.11 Å². The first kappa shape index (κ1) is 10.9. The monoisotopic (exact) mass is 203 g/mol. The van der Waals surface area contributed by atoms with Crippen molar-refractivity contribution in [2.45, 2.75) is 37.0 Å². The van der Waals surface area contributed by atoms with Crippen LogP contribution in [0.1, 0.15) is 26.2 Å². The number of ether oxygens (including phenoxy) is 1. The van der Waals surface area contributed by atoms with Gasteiger partial charge in [-0.3, -0.25) is 4.79 Å². The molecule has 0 aromatic carbocycles. The molecule has 1 aliphatic rings. The second kappa shape index (κ2) is 4.33. The minimum absolute atomic E-state index is 0.258. The highest BCUT2D eigenvalue weighted by atomic mass is 32.2. The van der Waals surface area contributed by atoms with E-state index in [0.29, 0.717) is 5.25 Å². The third-order valence-electron chi connectivity index (χ3n) is 2.50. The third-order valence-corrected chi connectivity index (χ3v) is 3.71. The molecule has 76 valence electrons. The molecule has 1 aliphatic carbocycles. The van der Waals surface area contributed by atoms with Crippen molar-refractivity contribution in [2.75, 3.05) is 12.9 Å². The predicted octanol–water partition coefficient (Wildman–Crippen LogP) is 1.16. The van der Waals surface area contributed by atoms with Gasteiger partial charge in [0.15, 0.2) is 0 Å². The number of esters is 1. The van der Waals surface area contributed by atoms with Crippen LogP contribution < -0.4 is 5.73 Å². The fraction of sp³-hybridized carbons (Fsp3) is 0.889. The Morgan fingerprint density at radius 3 is 3.00 bits per heavy atom. The summed E-state index contributed by atoms with van der Waals surface area (Å²) in [7, 11) is 1.40. The Kier molecular flexibility index (Phi) is 3.62. The molecule has 0 saturated heterocycles. The SMILES string of the molecule is CCSC1CCC(N)(C(=O)OC)C1. The molecular formula is C9H17NO2S. The number of nitrogens with two attached hydrogens (primary N) is 1. The van der Waals surface area contributed by atoms with Crippen molar-refractivity contribution < 1.29 is 9.53 Å². The number of methoxy groups -OCH3 is 1. The van der Waals surface area contributed by atoms with Crippen LogP contribution in [0, 0.1) is 0 Å². The topological polar surface area (TPSA) is 52.3 Å². The molecule has 1 rings (SSSR count). The summed E-state index contributed by atoms with van der Waals surface area (Å²) < 4.78 is 4.69. The highest BCUT2D eigenvalue weighted by Crippen LogP contribution is 2.35. The van der Waals surface area contributed by atoms with Crippen LogP contribution in [0.15, 0.2) is 0 Å². The Morgan fingerprint density at radius 1 is 1.77 bits per heavy atom. The lowest BCUT2D eigenvalue weighted by atomic mass is 10.00. The fourth-order valence-corrected chi connectivity index (χ4v) is 2.97. The third kappa shape index (κ3) is 2.38. The molecule has 13 heavy (non-hydrogen) atoms. The van der Waals surface area contributed by atoms with Crippen molar-refractivity contribution in [3.8, 4) is 0 Å². The average Bonchev–Trinajstić information content (AvgIpc) is 2.48. The molecule has 2 atom stereocenters. The molecule has 0 amide bonds. The molecule has 3 nitrogen and oxygen atoms in total. The lowest BCUT2D eigenvalue weighted by Gasteiger charge is -2.20. The molecule has 0 spiro atoms. The maximum Gasteiger partial charge on any atom is 0.325 e. The Balaban J connectivity index is 2.50. The molecule has 0 radical (unpaired) electrons. The molecule has 4 heteroatoms. The van der Waals surface area contributed by atoms with Crippen LogP contribution in [0.3, 0.4) is 0 Å². The van der Waals surface area contributed by atoms with E-state index in [1.807, 2.05) is 11.8 Å². The van der Waals surface area contributed by atoms with Gasteiger partial charge in [-0.2, -0.15) is 11.8 Å². The summed E-state index contributed by atoms with van der Waals surface area (Å²) >= 11 is 1.88. The number of rotatable bonds is 3. The van der Waals surface area contributed by atoms with Gasteiger partial charge in [-0.05, 0) is 25.0 Å². The van der Waals surface area contributed by atoms with Gasteiger partial charge in [0.1, 0.15) is 5.54 Å². The number of carbonyl (C=O) groups is 1. The summed E-state index contributed by atoms with van der Waals surface area (Å²) in [5.41, 5.74) is 5.24. The van der Waals surface area contributed by atoms with Crippen molar-refractivity contribution in [3.05, 3.63) is 0 Å². The van der Waals surface area contributed by atoms with Crippen molar-refractivity contribution >= 4 is 17.7 Å². The highest BCUT2D eigenvalue weighted by molar-refractivity contribution is 7.99. The van der Waals surface area contributed by atoms with Gasteiger partial charge in [-0.1, -0.05) is 6.92 Å². The zero-order chi connectivity index (χ0) is 9.90. The number of hydrogen-bond donors (Lipinski definition) is 1. The first-order valence-corrected chi connectivity index (χ1v) is 5.66. The maximum absolute atomic E-state index is 11.3. The molecule has 2 unspecified atom stereocenters. The zero-order valence-corrected chi connectivity index (χ0v) is 9.02. The quantitative estimate of drug-likeness (QED) is 0.699. The predicted molar refractivity (Wildman–Crippen MR) is 54.7 cm³/mol. The van der Waals surface area contributed by atoms with E-state index in [1.54, 1.807) is 0 Å². The molecule has 2 N–H and O–H groups in total. The van der Waals surface area contributed by atoms with Gasteiger partial charge < -0.3 is 10.5 Å². The van der Waals surface area contributed by atoms with Gasteiger partial charge in [0.25, 0.3) is 0 Å². The number of thioether (sulfide) groups is 1. The Morgan fingerprint density at radius 2 is 2.46 bits per heavy atom. The van der Waals surface area contributed by atoms with Gasteiger partial charge in [0, 0.05) is 5.25 Å². The van der Waals surface area contributed by atoms with Crippen LogP contribution in [0.2, 0.25) is 0 Å². The van der Waals surface area contributed by atoms with E-state index in [4.69, 9.17) is 10.5 Å². The van der Waals surface area contributed by atoms with E-state index >= 15 is 0 Å². The zero-order valence-electron chi connectivity index (χ0n) is 8.21. The van der Waals surface area contributed by atoms with Crippen LogP contribution in [0.4, 0.5) is 0 Å². The molecule has 1 fully saturated rings. The normalized spacial score (nSPS) is 33.3. The van der Waals surface area contributed by atoms with Crippen LogP contribution in [0.25, 0.3) is 0 Å². The summed E-state index contributed by atoms with van der Waals surface area (Å²) in [6.45, 7) is 2.12. The standard InChI is InChI=1S/C9H17NO2S/c1-3-13-7-4-5-9(10,6-7)8(11)12-2/h7H,3-6,10H2,1-2H3. The van der Waals surface area contributed by atoms with Crippen molar-refractivity contribution in [1.82, 2.24) is 0 Å². The summed E-state index contributed by atoms with van der Waals surface area (Å²) in [5.74, 6) is 0.828. The van der Waals surface area contributed by atoms with Crippen molar-refractivity contribution in [1.29, 1.82) is 0 Å². The molecule has 1 saturated carbocycles. The second-order valence-electron chi connectivity index (χ2n) is 3.47. The van der Waals surface area contributed by atoms with Gasteiger partial charge in [0.05, 0.1) is 7.11 Å². The van der Waals surface area contributed by atoms with E-state index < -0.39 is 5.54 Å². The van der Waals surface area contributed by atoms with Gasteiger partial charge in [0.2, 0.25) is 0 Å². The minimum Gasteiger partial charge on any atom is -0.468 e. The van der Waals surface area contributed by atoms with Crippen LogP contribution >= 0.6 is 11.8 Å². The molecule has 0 aromatic rings. The maximum atomic E-state index is 11.3. The fourth-order valence-electron chi connectivity index (χ4n) is 1.80. The largest absolute Gasteiger partial charge is 0.468 e. The number of hydrogen-bond acceptors (Lipinski definition) is 4. The van der Waals surface area contributed by atoms with E-state index in [0.717, 1.165) is 25.0 Å². The Labute approximate surface area is 83.4 Å². The highest BCUT2D eigenvalue weighted by Gasteiger charge is 2.42. The Bertz CT molecular complexity index is 198. The first-order chi connectivity index (χ1) is 6.12. The lowest BCUT2D eigenvalue weighted by molar-refractivity contribution is -0.146. The van der Waals surface area contributed by atoms with E-state index in [9.17, 15) is 4.79 Å².